The molecule has 0 bridgehead atoms. The summed E-state index contributed by atoms with van der Waals surface area (Å²) < 4.78 is 13.6. The number of hydrogen-bond donors (Lipinski definition) is 1. The Kier molecular flexibility index (Phi) is 4.27. The normalized spacial score (nSPS) is 12.4. The van der Waals surface area contributed by atoms with E-state index in [2.05, 4.69) is 15.9 Å². The highest BCUT2D eigenvalue weighted by molar-refractivity contribution is 9.10. The molecule has 2 rings (SSSR count). The first-order chi connectivity index (χ1) is 8.59. The van der Waals surface area contributed by atoms with E-state index in [1.54, 1.807) is 12.1 Å². The number of carbonyl (C=O) groups is 1. The molecule has 0 amide bonds. The molecule has 1 heterocycles. The summed E-state index contributed by atoms with van der Waals surface area (Å²) in [4.78, 5) is 12.8. The Labute approximate surface area is 117 Å². The van der Waals surface area contributed by atoms with Crippen LogP contribution in [-0.2, 0) is 11.2 Å². The minimum absolute atomic E-state index is 0.122. The molecular formula is C13H11BrFNOS. The largest absolute Gasteiger partial charge is 0.317 e. The highest BCUT2D eigenvalue weighted by Gasteiger charge is 2.18. The Balaban J connectivity index is 2.14. The number of carbonyl (C=O) groups excluding carboxylic acids is 1. The molecule has 1 aromatic heterocycles. The van der Waals surface area contributed by atoms with Crippen molar-refractivity contribution in [1.82, 2.24) is 0 Å². The fourth-order valence-electron chi connectivity index (χ4n) is 1.61. The highest BCUT2D eigenvalue weighted by atomic mass is 79.9. The number of thiophene rings is 1. The van der Waals surface area contributed by atoms with Crippen LogP contribution >= 0.6 is 27.3 Å². The molecule has 18 heavy (non-hydrogen) atoms. The molecule has 94 valence electrons. The van der Waals surface area contributed by atoms with Gasteiger partial charge in [0.25, 0.3) is 0 Å². The Morgan fingerprint density at radius 3 is 2.83 bits per heavy atom. The fourth-order valence-corrected chi connectivity index (χ4v) is 2.76. The minimum atomic E-state index is -0.639. The van der Waals surface area contributed by atoms with Crippen molar-refractivity contribution in [3.05, 3.63) is 56.4 Å². The quantitative estimate of drug-likeness (QED) is 0.934. The van der Waals surface area contributed by atoms with Gasteiger partial charge in [0.1, 0.15) is 5.82 Å². The molecule has 2 nitrogen and oxygen atoms in total. The van der Waals surface area contributed by atoms with Gasteiger partial charge in [-0.25, -0.2) is 4.39 Å². The van der Waals surface area contributed by atoms with Gasteiger partial charge in [-0.15, -0.1) is 11.3 Å². The number of hydrogen-bond acceptors (Lipinski definition) is 3. The van der Waals surface area contributed by atoms with E-state index in [4.69, 9.17) is 5.73 Å². The van der Waals surface area contributed by atoms with E-state index in [1.165, 1.54) is 17.4 Å². The summed E-state index contributed by atoms with van der Waals surface area (Å²) >= 11 is 4.59. The third kappa shape index (κ3) is 2.85. The third-order valence-corrected chi connectivity index (χ3v) is 4.44. The lowest BCUT2D eigenvalue weighted by Crippen LogP contribution is -2.22. The van der Waals surface area contributed by atoms with Crippen LogP contribution in [0.5, 0.6) is 0 Å². The molecule has 0 saturated carbocycles. The summed E-state index contributed by atoms with van der Waals surface area (Å²) in [5, 5.41) is 1.88. The van der Waals surface area contributed by atoms with Crippen molar-refractivity contribution in [1.29, 1.82) is 0 Å². The van der Waals surface area contributed by atoms with Gasteiger partial charge in [-0.1, -0.05) is 18.2 Å². The summed E-state index contributed by atoms with van der Waals surface area (Å²) in [7, 11) is 0. The summed E-state index contributed by atoms with van der Waals surface area (Å²) in [5.74, 6) is -0.492. The van der Waals surface area contributed by atoms with Crippen LogP contribution in [-0.4, -0.2) is 5.78 Å². The lowest BCUT2D eigenvalue weighted by Gasteiger charge is -2.09. The minimum Gasteiger partial charge on any atom is -0.317 e. The van der Waals surface area contributed by atoms with Gasteiger partial charge in [0.05, 0.1) is 10.5 Å². The zero-order valence-electron chi connectivity index (χ0n) is 9.40. The maximum Gasteiger partial charge on any atom is 0.159 e. The van der Waals surface area contributed by atoms with Gasteiger partial charge in [-0.05, 0) is 39.0 Å². The maximum absolute atomic E-state index is 13.3. The second-order valence-corrected chi connectivity index (χ2v) is 5.62. The Morgan fingerprint density at radius 2 is 2.17 bits per heavy atom. The first kappa shape index (κ1) is 13.4. The van der Waals surface area contributed by atoms with Gasteiger partial charge in [0.15, 0.2) is 5.78 Å². The molecule has 0 fully saturated rings. The lowest BCUT2D eigenvalue weighted by molar-refractivity contribution is -0.119. The van der Waals surface area contributed by atoms with E-state index in [0.29, 0.717) is 10.0 Å². The SMILES string of the molecule is NC(C(=O)Cc1cccc(F)c1Br)c1cccs1. The molecule has 1 aromatic carbocycles. The van der Waals surface area contributed by atoms with Crippen molar-refractivity contribution in [3.63, 3.8) is 0 Å². The highest BCUT2D eigenvalue weighted by Crippen LogP contribution is 2.24. The lowest BCUT2D eigenvalue weighted by atomic mass is 10.0. The number of halogens is 2. The number of nitrogens with two attached hydrogens (primary N) is 1. The second-order valence-electron chi connectivity index (χ2n) is 3.85. The zero-order valence-corrected chi connectivity index (χ0v) is 11.8. The number of rotatable bonds is 4. The summed E-state index contributed by atoms with van der Waals surface area (Å²) in [5.41, 5.74) is 6.49. The van der Waals surface area contributed by atoms with Crippen LogP contribution in [0, 0.1) is 5.82 Å². The van der Waals surface area contributed by atoms with Crippen LogP contribution in [0.25, 0.3) is 0 Å². The van der Waals surface area contributed by atoms with E-state index >= 15 is 0 Å². The monoisotopic (exact) mass is 327 g/mol. The van der Waals surface area contributed by atoms with Crippen LogP contribution in [0.1, 0.15) is 16.5 Å². The van der Waals surface area contributed by atoms with Crippen LogP contribution in [0.4, 0.5) is 4.39 Å². The molecule has 0 aliphatic carbocycles. The summed E-state index contributed by atoms with van der Waals surface area (Å²) in [6.07, 6.45) is 0.122. The van der Waals surface area contributed by atoms with Gasteiger partial charge >= 0.3 is 0 Å². The van der Waals surface area contributed by atoms with Crippen molar-refractivity contribution in [3.8, 4) is 0 Å². The standard InChI is InChI=1S/C13H11BrFNOS/c14-12-8(3-1-4-9(12)15)7-10(17)13(16)11-5-2-6-18-11/h1-6,13H,7,16H2. The molecular weight excluding hydrogens is 317 g/mol. The molecule has 0 aliphatic heterocycles. The van der Waals surface area contributed by atoms with Crippen molar-refractivity contribution in [2.45, 2.75) is 12.5 Å². The molecule has 0 radical (unpaired) electrons. The third-order valence-electron chi connectivity index (χ3n) is 2.59. The number of Topliss-reactive ketones (excluding diaryl/α,β-unsaturated/α-hetero) is 1. The predicted octanol–water partition coefficient (Wildman–Crippen LogP) is 3.46. The zero-order chi connectivity index (χ0) is 13.1. The summed E-state index contributed by atoms with van der Waals surface area (Å²) in [6, 6.07) is 7.68. The number of benzene rings is 1. The number of ketones is 1. The van der Waals surface area contributed by atoms with Gasteiger partial charge in [0, 0.05) is 11.3 Å². The van der Waals surface area contributed by atoms with E-state index in [0.717, 1.165) is 4.88 Å². The Bertz CT molecular complexity index is 556. The van der Waals surface area contributed by atoms with Crippen molar-refractivity contribution in [2.24, 2.45) is 5.73 Å². The molecule has 0 aliphatic rings. The average Bonchev–Trinajstić information content (AvgIpc) is 2.87. The topological polar surface area (TPSA) is 43.1 Å². The van der Waals surface area contributed by atoms with Crippen molar-refractivity contribution < 1.29 is 9.18 Å². The molecule has 2 aromatic rings. The first-order valence-corrected chi connectivity index (χ1v) is 7.01. The van der Waals surface area contributed by atoms with Crippen LogP contribution in [0.15, 0.2) is 40.2 Å². The van der Waals surface area contributed by atoms with E-state index < -0.39 is 6.04 Å². The second kappa shape index (κ2) is 5.73. The summed E-state index contributed by atoms with van der Waals surface area (Å²) in [6.45, 7) is 0. The Hall–Kier alpha value is -1.04. The maximum atomic E-state index is 13.3. The smallest absolute Gasteiger partial charge is 0.159 e. The predicted molar refractivity (Wildman–Crippen MR) is 74.1 cm³/mol. The molecule has 1 unspecified atom stereocenters. The van der Waals surface area contributed by atoms with Crippen LogP contribution in [0.2, 0.25) is 0 Å². The van der Waals surface area contributed by atoms with Gasteiger partial charge in [-0.2, -0.15) is 0 Å². The molecule has 0 spiro atoms. The van der Waals surface area contributed by atoms with Gasteiger partial charge in [0.2, 0.25) is 0 Å². The van der Waals surface area contributed by atoms with Crippen LogP contribution < -0.4 is 5.73 Å². The fraction of sp³-hybridized carbons (Fsp3) is 0.154. The van der Waals surface area contributed by atoms with E-state index in [9.17, 15) is 9.18 Å². The van der Waals surface area contributed by atoms with E-state index in [1.807, 2.05) is 17.5 Å². The average molecular weight is 328 g/mol. The first-order valence-electron chi connectivity index (χ1n) is 5.34. The molecule has 5 heteroatoms. The van der Waals surface area contributed by atoms with Gasteiger partial charge < -0.3 is 5.73 Å². The Morgan fingerprint density at radius 1 is 1.39 bits per heavy atom. The van der Waals surface area contributed by atoms with Crippen molar-refractivity contribution >= 4 is 33.0 Å². The van der Waals surface area contributed by atoms with E-state index in [-0.39, 0.29) is 18.0 Å². The molecule has 1 atom stereocenters. The van der Waals surface area contributed by atoms with Gasteiger partial charge in [-0.3, -0.25) is 4.79 Å². The van der Waals surface area contributed by atoms with Crippen LogP contribution in [0.3, 0.4) is 0 Å². The van der Waals surface area contributed by atoms with Crippen molar-refractivity contribution in [2.75, 3.05) is 0 Å². The molecule has 2 N–H and O–H groups in total. The molecule has 0 saturated heterocycles.